The Kier molecular flexibility index (Phi) is 5.17. The van der Waals surface area contributed by atoms with E-state index in [1.54, 1.807) is 6.92 Å². The van der Waals surface area contributed by atoms with Crippen LogP contribution in [0.15, 0.2) is 4.99 Å². The molecular formula is C8H19N3OS. The van der Waals surface area contributed by atoms with E-state index >= 15 is 0 Å². The van der Waals surface area contributed by atoms with E-state index in [0.717, 1.165) is 0 Å². The molecule has 0 saturated carbocycles. The number of hydrogen-bond acceptors (Lipinski definition) is 3. The van der Waals surface area contributed by atoms with Crippen LogP contribution in [0.3, 0.4) is 0 Å². The predicted octanol–water partition coefficient (Wildman–Crippen LogP) is -0.150. The molecule has 0 amide bonds. The summed E-state index contributed by atoms with van der Waals surface area (Å²) in [4.78, 5) is 3.96. The summed E-state index contributed by atoms with van der Waals surface area (Å²) in [7, 11) is -0.894. The van der Waals surface area contributed by atoms with E-state index in [1.807, 2.05) is 13.8 Å². The molecule has 0 saturated heterocycles. The van der Waals surface area contributed by atoms with Crippen molar-refractivity contribution in [1.29, 1.82) is 0 Å². The molecule has 4 nitrogen and oxygen atoms in total. The second-order valence-electron chi connectivity index (χ2n) is 3.80. The third-order valence-corrected chi connectivity index (χ3v) is 2.92. The molecular weight excluding hydrogens is 186 g/mol. The normalized spacial score (nSPS) is 15.8. The molecule has 13 heavy (non-hydrogen) atoms. The van der Waals surface area contributed by atoms with Crippen LogP contribution in [0.4, 0.5) is 0 Å². The number of aliphatic imine (C=N–C) groups is 1. The van der Waals surface area contributed by atoms with Gasteiger partial charge in [0.05, 0.1) is 12.4 Å². The fourth-order valence-electron chi connectivity index (χ4n) is 0.811. The first-order valence-corrected chi connectivity index (χ1v) is 5.70. The first-order chi connectivity index (χ1) is 5.81. The third-order valence-electron chi connectivity index (χ3n) is 1.21. The van der Waals surface area contributed by atoms with Crippen molar-refractivity contribution in [3.05, 3.63) is 0 Å². The van der Waals surface area contributed by atoms with Crippen LogP contribution in [0.5, 0.6) is 0 Å². The molecule has 0 spiro atoms. The van der Waals surface area contributed by atoms with E-state index < -0.39 is 10.8 Å². The summed E-state index contributed by atoms with van der Waals surface area (Å²) in [5.41, 5.74) is 10.7. The first-order valence-electron chi connectivity index (χ1n) is 4.21. The average Bonchev–Trinajstić information content (AvgIpc) is 1.81. The number of nitrogens with two attached hydrogens (primary N) is 2. The van der Waals surface area contributed by atoms with Crippen molar-refractivity contribution in [2.75, 3.05) is 18.1 Å². The molecule has 5 heteroatoms. The van der Waals surface area contributed by atoms with Gasteiger partial charge in [-0.15, -0.1) is 0 Å². The van der Waals surface area contributed by atoms with Gasteiger partial charge in [0.15, 0.2) is 0 Å². The van der Waals surface area contributed by atoms with Crippen LogP contribution in [-0.2, 0) is 10.8 Å². The summed E-state index contributed by atoms with van der Waals surface area (Å²) in [5.74, 6) is 1.57. The standard InChI is InChI=1S/C8H19N3OS/c1-7(9)11-4-5-13(12)6-8(2,3)10/h4-6,10H2,1-3H3,(H2,9,11). The van der Waals surface area contributed by atoms with Crippen LogP contribution >= 0.6 is 0 Å². The lowest BCUT2D eigenvalue weighted by molar-refractivity contribution is 0.577. The quantitative estimate of drug-likeness (QED) is 0.484. The molecule has 0 rings (SSSR count). The van der Waals surface area contributed by atoms with Gasteiger partial charge in [0.2, 0.25) is 0 Å². The molecule has 0 aliphatic rings. The second-order valence-corrected chi connectivity index (χ2v) is 5.38. The summed E-state index contributed by atoms with van der Waals surface area (Å²) in [6.07, 6.45) is 0. The van der Waals surface area contributed by atoms with Gasteiger partial charge in [-0.25, -0.2) is 0 Å². The zero-order valence-electron chi connectivity index (χ0n) is 8.54. The average molecular weight is 205 g/mol. The molecule has 0 aliphatic carbocycles. The van der Waals surface area contributed by atoms with Crippen LogP contribution in [0.1, 0.15) is 20.8 Å². The van der Waals surface area contributed by atoms with Gasteiger partial charge in [0.25, 0.3) is 0 Å². The van der Waals surface area contributed by atoms with Crippen LogP contribution < -0.4 is 11.5 Å². The fraction of sp³-hybridized carbons (Fsp3) is 0.875. The van der Waals surface area contributed by atoms with Gasteiger partial charge in [-0.3, -0.25) is 9.20 Å². The van der Waals surface area contributed by atoms with Crippen LogP contribution in [0, 0.1) is 0 Å². The predicted molar refractivity (Wildman–Crippen MR) is 58.3 cm³/mol. The van der Waals surface area contributed by atoms with Crippen LogP contribution in [0.2, 0.25) is 0 Å². The van der Waals surface area contributed by atoms with Crippen molar-refractivity contribution in [2.45, 2.75) is 26.3 Å². The van der Waals surface area contributed by atoms with Gasteiger partial charge in [-0.1, -0.05) is 0 Å². The molecule has 4 N–H and O–H groups in total. The molecule has 0 aromatic heterocycles. The van der Waals surface area contributed by atoms with E-state index in [1.165, 1.54) is 0 Å². The van der Waals surface area contributed by atoms with Crippen molar-refractivity contribution in [3.8, 4) is 0 Å². The minimum absolute atomic E-state index is 0.369. The van der Waals surface area contributed by atoms with Crippen LogP contribution in [-0.4, -0.2) is 33.6 Å². The van der Waals surface area contributed by atoms with Gasteiger partial charge in [0, 0.05) is 27.8 Å². The van der Waals surface area contributed by atoms with Gasteiger partial charge < -0.3 is 11.5 Å². The molecule has 0 bridgehead atoms. The van der Waals surface area contributed by atoms with E-state index in [4.69, 9.17) is 11.5 Å². The summed E-state index contributed by atoms with van der Waals surface area (Å²) < 4.78 is 11.4. The summed E-state index contributed by atoms with van der Waals surface area (Å²) in [6.45, 7) is 5.96. The molecule has 1 unspecified atom stereocenters. The minimum atomic E-state index is -0.894. The monoisotopic (exact) mass is 205 g/mol. The summed E-state index contributed by atoms with van der Waals surface area (Å²) >= 11 is 0. The Balaban J connectivity index is 3.71. The van der Waals surface area contributed by atoms with E-state index in [-0.39, 0.29) is 5.54 Å². The SMILES string of the molecule is CC(N)=NCCS(=O)CC(C)(C)N. The lowest BCUT2D eigenvalue weighted by atomic mass is 10.1. The van der Waals surface area contributed by atoms with Gasteiger partial charge in [0.1, 0.15) is 0 Å². The summed E-state index contributed by atoms with van der Waals surface area (Å²) in [6, 6.07) is 0. The molecule has 0 aromatic carbocycles. The zero-order valence-corrected chi connectivity index (χ0v) is 9.36. The number of nitrogens with zero attached hydrogens (tertiary/aromatic N) is 1. The van der Waals surface area contributed by atoms with Crippen molar-refractivity contribution >= 4 is 16.6 Å². The van der Waals surface area contributed by atoms with Crippen LogP contribution in [0.25, 0.3) is 0 Å². The highest BCUT2D eigenvalue weighted by Gasteiger charge is 2.14. The molecule has 0 heterocycles. The molecule has 78 valence electrons. The largest absolute Gasteiger partial charge is 0.388 e. The molecule has 0 aromatic rings. The van der Waals surface area contributed by atoms with E-state index in [9.17, 15) is 4.21 Å². The Labute approximate surface area is 82.2 Å². The number of rotatable bonds is 5. The molecule has 0 radical (unpaired) electrons. The topological polar surface area (TPSA) is 81.5 Å². The minimum Gasteiger partial charge on any atom is -0.388 e. The smallest absolute Gasteiger partial charge is 0.0905 e. The van der Waals surface area contributed by atoms with Crippen molar-refractivity contribution in [1.82, 2.24) is 0 Å². The first kappa shape index (κ1) is 12.6. The Morgan fingerprint density at radius 1 is 1.54 bits per heavy atom. The third kappa shape index (κ3) is 9.49. The lowest BCUT2D eigenvalue weighted by Gasteiger charge is -2.16. The number of hydrogen-bond donors (Lipinski definition) is 2. The molecule has 0 fully saturated rings. The highest BCUT2D eigenvalue weighted by molar-refractivity contribution is 7.85. The number of amidine groups is 1. The highest BCUT2D eigenvalue weighted by Crippen LogP contribution is 1.99. The van der Waals surface area contributed by atoms with Gasteiger partial charge in [-0.05, 0) is 20.8 Å². The summed E-state index contributed by atoms with van der Waals surface area (Å²) in [5, 5.41) is 0. The van der Waals surface area contributed by atoms with Crippen molar-refractivity contribution in [3.63, 3.8) is 0 Å². The maximum absolute atomic E-state index is 11.4. The highest BCUT2D eigenvalue weighted by atomic mass is 32.2. The van der Waals surface area contributed by atoms with Crippen molar-refractivity contribution in [2.24, 2.45) is 16.5 Å². The molecule has 0 aliphatic heterocycles. The molecule has 1 atom stereocenters. The van der Waals surface area contributed by atoms with E-state index in [2.05, 4.69) is 4.99 Å². The second kappa shape index (κ2) is 5.34. The Morgan fingerprint density at radius 3 is 2.46 bits per heavy atom. The Hall–Kier alpha value is -0.420. The maximum Gasteiger partial charge on any atom is 0.0905 e. The zero-order chi connectivity index (χ0) is 10.5. The van der Waals surface area contributed by atoms with Gasteiger partial charge >= 0.3 is 0 Å². The Morgan fingerprint density at radius 2 is 2.08 bits per heavy atom. The lowest BCUT2D eigenvalue weighted by Crippen LogP contribution is -2.38. The fourth-order valence-corrected chi connectivity index (χ4v) is 2.08. The van der Waals surface area contributed by atoms with Crippen molar-refractivity contribution < 1.29 is 4.21 Å². The van der Waals surface area contributed by atoms with E-state index in [0.29, 0.717) is 23.9 Å². The Bertz CT molecular complexity index is 204. The maximum atomic E-state index is 11.4. The van der Waals surface area contributed by atoms with Gasteiger partial charge in [-0.2, -0.15) is 0 Å².